The topological polar surface area (TPSA) is 12.0 Å². The molecule has 1 saturated carbocycles. The van der Waals surface area contributed by atoms with Crippen molar-refractivity contribution < 1.29 is 0 Å². The summed E-state index contributed by atoms with van der Waals surface area (Å²) in [6.45, 7) is 2.38. The molecular formula is C15H21N. The molecule has 0 aromatic heterocycles. The Morgan fingerprint density at radius 2 is 1.88 bits per heavy atom. The van der Waals surface area contributed by atoms with Crippen LogP contribution in [0.25, 0.3) is 0 Å². The van der Waals surface area contributed by atoms with E-state index in [1.165, 1.54) is 49.8 Å². The lowest BCUT2D eigenvalue weighted by molar-refractivity contribution is 0.282. The lowest BCUT2D eigenvalue weighted by Crippen LogP contribution is -2.44. The Morgan fingerprint density at radius 3 is 2.69 bits per heavy atom. The lowest BCUT2D eigenvalue weighted by atomic mass is 9.72. The van der Waals surface area contributed by atoms with E-state index in [9.17, 15) is 0 Å². The Bertz CT molecular complexity index is 377. The van der Waals surface area contributed by atoms with Gasteiger partial charge >= 0.3 is 0 Å². The Morgan fingerprint density at radius 1 is 1.12 bits per heavy atom. The van der Waals surface area contributed by atoms with Gasteiger partial charge in [0.05, 0.1) is 0 Å². The molecule has 1 aromatic carbocycles. The van der Waals surface area contributed by atoms with Gasteiger partial charge < -0.3 is 5.32 Å². The maximum absolute atomic E-state index is 3.84. The fourth-order valence-corrected chi connectivity index (χ4v) is 3.63. The number of fused-ring (bicyclic) bond motifs is 1. The largest absolute Gasteiger partial charge is 0.379 e. The van der Waals surface area contributed by atoms with Gasteiger partial charge in [-0.15, -0.1) is 0 Å². The van der Waals surface area contributed by atoms with Crippen molar-refractivity contribution in [3.63, 3.8) is 0 Å². The first-order valence-electron chi connectivity index (χ1n) is 6.66. The summed E-state index contributed by atoms with van der Waals surface area (Å²) in [6, 6.07) is 8.85. The van der Waals surface area contributed by atoms with Crippen LogP contribution in [0.1, 0.15) is 56.9 Å². The molecule has 3 rings (SSSR count). The van der Waals surface area contributed by atoms with Crippen LogP contribution in [0.15, 0.2) is 24.3 Å². The number of rotatable bonds is 0. The fourth-order valence-electron chi connectivity index (χ4n) is 3.63. The van der Waals surface area contributed by atoms with Crippen molar-refractivity contribution in [3.8, 4) is 0 Å². The van der Waals surface area contributed by atoms with Gasteiger partial charge in [0.15, 0.2) is 0 Å². The molecule has 0 radical (unpaired) electrons. The van der Waals surface area contributed by atoms with Crippen molar-refractivity contribution in [3.05, 3.63) is 29.8 Å². The monoisotopic (exact) mass is 215 g/mol. The third-order valence-electron chi connectivity index (χ3n) is 4.40. The summed E-state index contributed by atoms with van der Waals surface area (Å²) in [5.74, 6) is 0.718. The number of benzene rings is 1. The first-order valence-corrected chi connectivity index (χ1v) is 6.66. The fraction of sp³-hybridized carbons (Fsp3) is 0.600. The van der Waals surface area contributed by atoms with Gasteiger partial charge in [-0.2, -0.15) is 0 Å². The van der Waals surface area contributed by atoms with E-state index in [4.69, 9.17) is 0 Å². The molecule has 1 N–H and O–H groups in total. The lowest BCUT2D eigenvalue weighted by Gasteiger charge is -2.45. The summed E-state index contributed by atoms with van der Waals surface area (Å²) in [5.41, 5.74) is 3.33. The van der Waals surface area contributed by atoms with Crippen molar-refractivity contribution >= 4 is 5.69 Å². The molecule has 0 saturated heterocycles. The first-order chi connectivity index (χ1) is 7.79. The second kappa shape index (κ2) is 3.80. The molecule has 2 aliphatic rings. The molecule has 86 valence electrons. The molecule has 0 unspecified atom stereocenters. The molecular weight excluding hydrogens is 194 g/mol. The summed E-state index contributed by atoms with van der Waals surface area (Å²) in [6.07, 6.45) is 8.30. The summed E-state index contributed by atoms with van der Waals surface area (Å²) < 4.78 is 0. The van der Waals surface area contributed by atoms with E-state index in [0.29, 0.717) is 5.54 Å². The highest BCUT2D eigenvalue weighted by atomic mass is 15.0. The molecule has 1 aromatic rings. The van der Waals surface area contributed by atoms with Crippen molar-refractivity contribution in [2.24, 2.45) is 0 Å². The molecule has 16 heavy (non-hydrogen) atoms. The number of nitrogens with one attached hydrogen (secondary N) is 1. The van der Waals surface area contributed by atoms with Crippen LogP contribution < -0.4 is 5.32 Å². The Kier molecular flexibility index (Phi) is 2.42. The van der Waals surface area contributed by atoms with Crippen LogP contribution >= 0.6 is 0 Å². The third kappa shape index (κ3) is 1.63. The van der Waals surface area contributed by atoms with Crippen LogP contribution in [-0.4, -0.2) is 5.54 Å². The smallest absolute Gasteiger partial charge is 0.0379 e. The molecule has 1 spiro atoms. The zero-order valence-corrected chi connectivity index (χ0v) is 10.1. The number of anilines is 1. The van der Waals surface area contributed by atoms with Crippen molar-refractivity contribution in [2.45, 2.75) is 56.9 Å². The van der Waals surface area contributed by atoms with Gasteiger partial charge in [-0.05, 0) is 36.8 Å². The van der Waals surface area contributed by atoms with Crippen LogP contribution in [0.4, 0.5) is 5.69 Å². The average Bonchev–Trinajstić information content (AvgIpc) is 2.30. The Balaban J connectivity index is 1.93. The molecule has 1 atom stereocenters. The quantitative estimate of drug-likeness (QED) is 0.680. The standard InChI is InChI=1S/C15H21N/c1-12-11-15(9-5-2-6-10-15)16-14-8-4-3-7-13(12)14/h3-4,7-8,12,16H,2,5-6,9-11H2,1H3/t12-/m0/s1. The average molecular weight is 215 g/mol. The van der Waals surface area contributed by atoms with E-state index in [2.05, 4.69) is 36.5 Å². The SMILES string of the molecule is C[C@H]1CC2(CCCCC2)Nc2ccccc21. The molecule has 1 aliphatic carbocycles. The highest BCUT2D eigenvalue weighted by molar-refractivity contribution is 5.57. The van der Waals surface area contributed by atoms with E-state index in [0.717, 1.165) is 5.92 Å². The minimum atomic E-state index is 0.423. The van der Waals surface area contributed by atoms with Gasteiger partial charge in [0.1, 0.15) is 0 Å². The second-order valence-corrected chi connectivity index (χ2v) is 5.66. The molecule has 1 heterocycles. The number of para-hydroxylation sites is 1. The van der Waals surface area contributed by atoms with E-state index in [1.54, 1.807) is 0 Å². The molecule has 1 nitrogen and oxygen atoms in total. The first kappa shape index (κ1) is 10.2. The minimum Gasteiger partial charge on any atom is -0.379 e. The Hall–Kier alpha value is -0.980. The van der Waals surface area contributed by atoms with Gasteiger partial charge in [-0.1, -0.05) is 44.4 Å². The summed E-state index contributed by atoms with van der Waals surface area (Å²) in [7, 11) is 0. The van der Waals surface area contributed by atoms with Gasteiger partial charge in [-0.3, -0.25) is 0 Å². The second-order valence-electron chi connectivity index (χ2n) is 5.66. The van der Waals surface area contributed by atoms with E-state index in [1.807, 2.05) is 0 Å². The normalized spacial score (nSPS) is 27.2. The maximum atomic E-state index is 3.84. The highest BCUT2D eigenvalue weighted by Crippen LogP contribution is 2.44. The molecule has 0 bridgehead atoms. The number of hydrogen-bond donors (Lipinski definition) is 1. The van der Waals surface area contributed by atoms with Crippen LogP contribution in [0.2, 0.25) is 0 Å². The van der Waals surface area contributed by atoms with Crippen LogP contribution in [-0.2, 0) is 0 Å². The van der Waals surface area contributed by atoms with E-state index < -0.39 is 0 Å². The van der Waals surface area contributed by atoms with Crippen LogP contribution in [0.3, 0.4) is 0 Å². The third-order valence-corrected chi connectivity index (χ3v) is 4.40. The van der Waals surface area contributed by atoms with Crippen molar-refractivity contribution in [1.29, 1.82) is 0 Å². The van der Waals surface area contributed by atoms with E-state index >= 15 is 0 Å². The molecule has 1 fully saturated rings. The predicted molar refractivity (Wildman–Crippen MR) is 68.9 cm³/mol. The maximum Gasteiger partial charge on any atom is 0.0379 e. The zero-order chi connectivity index (χ0) is 11.0. The predicted octanol–water partition coefficient (Wildman–Crippen LogP) is 4.31. The van der Waals surface area contributed by atoms with E-state index in [-0.39, 0.29) is 0 Å². The molecule has 1 heteroatoms. The van der Waals surface area contributed by atoms with Crippen LogP contribution in [0, 0.1) is 0 Å². The van der Waals surface area contributed by atoms with Gasteiger partial charge in [-0.25, -0.2) is 0 Å². The van der Waals surface area contributed by atoms with Gasteiger partial charge in [0, 0.05) is 11.2 Å². The summed E-state index contributed by atoms with van der Waals surface area (Å²) >= 11 is 0. The van der Waals surface area contributed by atoms with Crippen LogP contribution in [0.5, 0.6) is 0 Å². The molecule has 1 aliphatic heterocycles. The summed E-state index contributed by atoms with van der Waals surface area (Å²) in [4.78, 5) is 0. The molecule has 0 amide bonds. The number of hydrogen-bond acceptors (Lipinski definition) is 1. The Labute approximate surface area is 98.3 Å². The summed E-state index contributed by atoms with van der Waals surface area (Å²) in [5, 5.41) is 3.84. The highest BCUT2D eigenvalue weighted by Gasteiger charge is 2.37. The minimum absolute atomic E-state index is 0.423. The van der Waals surface area contributed by atoms with Gasteiger partial charge in [0.25, 0.3) is 0 Å². The zero-order valence-electron chi connectivity index (χ0n) is 10.1. The van der Waals surface area contributed by atoms with Crippen molar-refractivity contribution in [1.82, 2.24) is 0 Å². The van der Waals surface area contributed by atoms with Crippen molar-refractivity contribution in [2.75, 3.05) is 5.32 Å². The van der Waals surface area contributed by atoms with Gasteiger partial charge in [0.2, 0.25) is 0 Å².